The van der Waals surface area contributed by atoms with Gasteiger partial charge < -0.3 is 0 Å². The van der Waals surface area contributed by atoms with Gasteiger partial charge in [0.15, 0.2) is 0 Å². The molecule has 0 atom stereocenters. The first-order chi connectivity index (χ1) is 12.1. The van der Waals surface area contributed by atoms with Crippen molar-refractivity contribution in [3.63, 3.8) is 0 Å². The summed E-state index contributed by atoms with van der Waals surface area (Å²) in [6, 6.07) is 20.5. The molecule has 0 aliphatic rings. The Bertz CT molecular complexity index is 465. The number of benzene rings is 2. The Morgan fingerprint density at radius 3 is 1.24 bits per heavy atom. The van der Waals surface area contributed by atoms with Crippen LogP contribution < -0.4 is 0 Å². The summed E-state index contributed by atoms with van der Waals surface area (Å²) in [5.74, 6) is 0. The predicted octanol–water partition coefficient (Wildman–Crippen LogP) is 8.55. The average Bonchev–Trinajstić information content (AvgIpc) is 2.65. The molecule has 0 unspecified atom stereocenters. The smallest absolute Gasteiger partial charge is 0.0183 e. The maximum atomic E-state index is 4.10. The summed E-state index contributed by atoms with van der Waals surface area (Å²) >= 11 is 0. The van der Waals surface area contributed by atoms with Gasteiger partial charge in [0.2, 0.25) is 0 Å². The zero-order valence-corrected chi connectivity index (χ0v) is 17.1. The third kappa shape index (κ3) is 15.2. The summed E-state index contributed by atoms with van der Waals surface area (Å²) in [4.78, 5) is 0. The summed E-state index contributed by atoms with van der Waals surface area (Å²) < 4.78 is 0. The first-order valence-electron chi connectivity index (χ1n) is 9.49. The van der Waals surface area contributed by atoms with Crippen molar-refractivity contribution in [1.82, 2.24) is 0 Å². The molecule has 0 fully saturated rings. The van der Waals surface area contributed by atoms with Gasteiger partial charge in [0.1, 0.15) is 0 Å². The van der Waals surface area contributed by atoms with Crippen LogP contribution in [-0.4, -0.2) is 0 Å². The fourth-order valence-corrected chi connectivity index (χ4v) is 1.80. The largest absolute Gasteiger partial charge is 0.103 e. The van der Waals surface area contributed by atoms with Crippen LogP contribution in [0, 0.1) is 0 Å². The lowest BCUT2D eigenvalue weighted by Crippen LogP contribution is -1.84. The lowest BCUT2D eigenvalue weighted by molar-refractivity contribution is 0.772. The Hall–Kier alpha value is -2.08. The van der Waals surface area contributed by atoms with Gasteiger partial charge in [-0.2, -0.15) is 0 Å². The number of rotatable bonds is 4. The molecular weight excluding hydrogens is 300 g/mol. The number of unbranched alkanes of at least 4 members (excludes halogenated alkanes) is 2. The fourth-order valence-electron chi connectivity index (χ4n) is 1.80. The molecular formula is C25H38. The van der Waals surface area contributed by atoms with Crippen LogP contribution in [0.1, 0.15) is 71.4 Å². The van der Waals surface area contributed by atoms with Crippen LogP contribution in [0.3, 0.4) is 0 Å². The molecule has 0 heteroatoms. The molecule has 25 heavy (non-hydrogen) atoms. The molecule has 0 N–H and O–H groups in total. The molecule has 138 valence electrons. The van der Waals surface area contributed by atoms with Gasteiger partial charge in [-0.3, -0.25) is 0 Å². The quantitative estimate of drug-likeness (QED) is 0.490. The average molecular weight is 339 g/mol. The van der Waals surface area contributed by atoms with E-state index in [9.17, 15) is 0 Å². The Morgan fingerprint density at radius 1 is 0.760 bits per heavy atom. The molecule has 2 aromatic carbocycles. The predicted molar refractivity (Wildman–Crippen MR) is 118 cm³/mol. The monoisotopic (exact) mass is 338 g/mol. The highest BCUT2D eigenvalue weighted by Gasteiger charge is 1.99. The number of hydrogen-bond acceptors (Lipinski definition) is 0. The Morgan fingerprint density at radius 2 is 1.04 bits per heavy atom. The third-order valence-electron chi connectivity index (χ3n) is 2.95. The standard InChI is InChI=1S/C14H12.C5H12.C3H8.C3H6/c1-12(13-8-4-2-5-9-13)14-10-6-3-7-11-14;1-3-5-4-2;2*1-3-2/h2-11H,1H2;3-5H2,1-2H3;3H2,1-2H3;3H,1H2,2H3. The molecule has 0 amide bonds. The molecule has 0 aliphatic heterocycles. The highest BCUT2D eigenvalue weighted by atomic mass is 14.0. The van der Waals surface area contributed by atoms with Crippen LogP contribution in [-0.2, 0) is 0 Å². The van der Waals surface area contributed by atoms with Crippen LogP contribution in [0.4, 0.5) is 0 Å². The SMILES string of the molecule is C=C(c1ccccc1)c1ccccc1.C=CC.CCC.CCCCC. The highest BCUT2D eigenvalue weighted by molar-refractivity contribution is 5.77. The molecule has 0 saturated heterocycles. The summed E-state index contributed by atoms with van der Waals surface area (Å²) in [6.07, 6.45) is 7.08. The minimum Gasteiger partial charge on any atom is -0.103 e. The molecule has 0 aromatic heterocycles. The second-order valence-electron chi connectivity index (χ2n) is 5.68. The van der Waals surface area contributed by atoms with Crippen molar-refractivity contribution in [2.24, 2.45) is 0 Å². The Labute approximate surface area is 157 Å². The second kappa shape index (κ2) is 20.0. The first-order valence-corrected chi connectivity index (χ1v) is 9.49. The zero-order chi connectivity index (χ0) is 19.3. The summed E-state index contributed by atoms with van der Waals surface area (Å²) in [5.41, 5.74) is 3.43. The summed E-state index contributed by atoms with van der Waals surface area (Å²) in [6.45, 7) is 18.0. The van der Waals surface area contributed by atoms with Crippen LogP contribution in [0.15, 0.2) is 79.9 Å². The van der Waals surface area contributed by atoms with Crippen molar-refractivity contribution >= 4 is 5.57 Å². The Balaban J connectivity index is 0. The lowest BCUT2D eigenvalue weighted by atomic mass is 10.0. The summed E-state index contributed by atoms with van der Waals surface area (Å²) in [7, 11) is 0. The van der Waals surface area contributed by atoms with E-state index in [1.54, 1.807) is 6.08 Å². The zero-order valence-electron chi connectivity index (χ0n) is 17.1. The molecule has 2 rings (SSSR count). The fraction of sp³-hybridized carbons (Fsp3) is 0.360. The van der Waals surface area contributed by atoms with Crippen molar-refractivity contribution < 1.29 is 0 Å². The van der Waals surface area contributed by atoms with E-state index in [2.05, 4.69) is 65.1 Å². The molecule has 0 bridgehead atoms. The van der Waals surface area contributed by atoms with Crippen LogP contribution >= 0.6 is 0 Å². The van der Waals surface area contributed by atoms with E-state index in [0.29, 0.717) is 0 Å². The van der Waals surface area contributed by atoms with Crippen LogP contribution in [0.25, 0.3) is 5.57 Å². The van der Waals surface area contributed by atoms with E-state index in [0.717, 1.165) is 5.57 Å². The van der Waals surface area contributed by atoms with E-state index in [-0.39, 0.29) is 0 Å². The van der Waals surface area contributed by atoms with Gasteiger partial charge in [0, 0.05) is 0 Å². The second-order valence-corrected chi connectivity index (χ2v) is 5.68. The molecule has 0 radical (unpaired) electrons. The highest BCUT2D eigenvalue weighted by Crippen LogP contribution is 2.20. The van der Waals surface area contributed by atoms with E-state index in [4.69, 9.17) is 0 Å². The minimum absolute atomic E-state index is 1.08. The topological polar surface area (TPSA) is 0 Å². The normalized spacial score (nSPS) is 8.36. The number of hydrogen-bond donors (Lipinski definition) is 0. The molecule has 0 heterocycles. The van der Waals surface area contributed by atoms with Gasteiger partial charge in [-0.05, 0) is 23.6 Å². The van der Waals surface area contributed by atoms with Crippen molar-refractivity contribution in [2.75, 3.05) is 0 Å². The van der Waals surface area contributed by atoms with Gasteiger partial charge in [-0.15, -0.1) is 6.58 Å². The van der Waals surface area contributed by atoms with E-state index in [1.807, 2.05) is 43.3 Å². The molecule has 2 aromatic rings. The maximum Gasteiger partial charge on any atom is -0.0183 e. The maximum absolute atomic E-state index is 4.10. The van der Waals surface area contributed by atoms with E-state index < -0.39 is 0 Å². The minimum atomic E-state index is 1.08. The Kier molecular flexibility index (Phi) is 20.1. The van der Waals surface area contributed by atoms with Gasteiger partial charge in [0.05, 0.1) is 0 Å². The van der Waals surface area contributed by atoms with Gasteiger partial charge in [-0.25, -0.2) is 0 Å². The van der Waals surface area contributed by atoms with Crippen molar-refractivity contribution in [2.45, 2.75) is 60.3 Å². The van der Waals surface area contributed by atoms with Gasteiger partial charge in [0.25, 0.3) is 0 Å². The molecule has 0 nitrogen and oxygen atoms in total. The molecule has 0 aliphatic carbocycles. The van der Waals surface area contributed by atoms with Crippen LogP contribution in [0.5, 0.6) is 0 Å². The summed E-state index contributed by atoms with van der Waals surface area (Å²) in [5, 5.41) is 0. The number of allylic oxidation sites excluding steroid dienone is 1. The van der Waals surface area contributed by atoms with Gasteiger partial charge in [-0.1, -0.05) is 127 Å². The van der Waals surface area contributed by atoms with E-state index >= 15 is 0 Å². The van der Waals surface area contributed by atoms with Gasteiger partial charge >= 0.3 is 0 Å². The van der Waals surface area contributed by atoms with E-state index in [1.165, 1.54) is 36.8 Å². The van der Waals surface area contributed by atoms with Crippen molar-refractivity contribution in [1.29, 1.82) is 0 Å². The third-order valence-corrected chi connectivity index (χ3v) is 2.95. The first kappa shape index (κ1) is 25.2. The molecule has 0 saturated carbocycles. The van der Waals surface area contributed by atoms with Crippen molar-refractivity contribution in [3.05, 3.63) is 91.0 Å². The lowest BCUT2D eigenvalue weighted by Gasteiger charge is -2.04. The van der Waals surface area contributed by atoms with Crippen molar-refractivity contribution in [3.8, 4) is 0 Å². The van der Waals surface area contributed by atoms with Crippen LogP contribution in [0.2, 0.25) is 0 Å². The molecule has 0 spiro atoms.